The number of halogens is 1. The SMILES string of the molecule is [C-]#[N+]CCN1CCC(NC2[C@@H]3CC4C[C@H]2CC(CNc2nc(NCc5ccccc5Cl)ncc2C#N)(C4)C3)CC1. The molecule has 210 valence electrons. The molecule has 5 atom stereocenters. The Labute approximate surface area is 242 Å². The predicted molar refractivity (Wildman–Crippen MR) is 158 cm³/mol. The highest BCUT2D eigenvalue weighted by molar-refractivity contribution is 6.31. The maximum Gasteiger partial charge on any atom is 0.227 e. The van der Waals surface area contributed by atoms with Gasteiger partial charge >= 0.3 is 0 Å². The maximum atomic E-state index is 9.73. The molecule has 0 amide bonds. The third-order valence-electron chi connectivity index (χ3n) is 9.88. The monoisotopic (exact) mass is 558 g/mol. The van der Waals surface area contributed by atoms with Crippen molar-refractivity contribution in [2.75, 3.05) is 43.4 Å². The molecule has 40 heavy (non-hydrogen) atoms. The molecular formula is C31H39ClN8. The second-order valence-electron chi connectivity index (χ2n) is 12.5. The van der Waals surface area contributed by atoms with Gasteiger partial charge in [0.25, 0.3) is 0 Å². The number of rotatable bonds is 10. The highest BCUT2D eigenvalue weighted by Gasteiger charge is 2.55. The Morgan fingerprint density at radius 3 is 2.62 bits per heavy atom. The summed E-state index contributed by atoms with van der Waals surface area (Å²) in [6.07, 6.45) is 10.5. The quantitative estimate of drug-likeness (QED) is 0.345. The lowest BCUT2D eigenvalue weighted by molar-refractivity contribution is -0.0734. The van der Waals surface area contributed by atoms with Crippen LogP contribution in [0.15, 0.2) is 30.5 Å². The minimum Gasteiger partial charge on any atom is -0.368 e. The van der Waals surface area contributed by atoms with E-state index in [2.05, 4.69) is 36.7 Å². The van der Waals surface area contributed by atoms with Crippen LogP contribution in [0.2, 0.25) is 5.02 Å². The summed E-state index contributed by atoms with van der Waals surface area (Å²) < 4.78 is 0. The van der Waals surface area contributed by atoms with Crippen LogP contribution in [-0.4, -0.2) is 59.7 Å². The Bertz CT molecular complexity index is 1260. The van der Waals surface area contributed by atoms with E-state index < -0.39 is 0 Å². The highest BCUT2D eigenvalue weighted by atomic mass is 35.5. The van der Waals surface area contributed by atoms with Crippen molar-refractivity contribution < 1.29 is 0 Å². The van der Waals surface area contributed by atoms with E-state index in [1.165, 1.54) is 44.9 Å². The molecule has 8 nitrogen and oxygen atoms in total. The van der Waals surface area contributed by atoms with E-state index in [4.69, 9.17) is 23.2 Å². The van der Waals surface area contributed by atoms with E-state index in [-0.39, 0.29) is 5.41 Å². The molecule has 5 aliphatic rings. The first-order valence-electron chi connectivity index (χ1n) is 14.8. The van der Waals surface area contributed by atoms with Crippen LogP contribution in [0.25, 0.3) is 4.85 Å². The van der Waals surface area contributed by atoms with Crippen LogP contribution in [0, 0.1) is 41.1 Å². The van der Waals surface area contributed by atoms with Gasteiger partial charge in [-0.15, -0.1) is 0 Å². The van der Waals surface area contributed by atoms with Crippen molar-refractivity contribution in [2.24, 2.45) is 23.2 Å². The van der Waals surface area contributed by atoms with Crippen molar-refractivity contribution in [3.63, 3.8) is 0 Å². The van der Waals surface area contributed by atoms with Gasteiger partial charge < -0.3 is 20.8 Å². The molecule has 2 aromatic rings. The third-order valence-corrected chi connectivity index (χ3v) is 10.2. The van der Waals surface area contributed by atoms with Crippen molar-refractivity contribution in [1.82, 2.24) is 20.2 Å². The molecular weight excluding hydrogens is 520 g/mol. The highest BCUT2D eigenvalue weighted by Crippen LogP contribution is 2.60. The van der Waals surface area contributed by atoms with Crippen molar-refractivity contribution in [2.45, 2.75) is 63.6 Å². The molecule has 4 bridgehead atoms. The fraction of sp³-hybridized carbons (Fsp3) is 0.613. The standard InChI is InChI=1S/C31H39ClN8/c1-34-8-11-40-9-6-26(7-10-40)38-28-23-12-21-13-24(28)16-31(14-21,15-23)20-37-29-25(17-33)19-36-30(39-29)35-18-22-4-2-3-5-27(22)32/h2-5,19,21,23-24,26,28,38H,6-16,18,20H2,(H2,35,36,37,39)/t21?,23-,24+,28?,31?. The summed E-state index contributed by atoms with van der Waals surface area (Å²) in [5.74, 6) is 3.41. The van der Waals surface area contributed by atoms with Crippen LogP contribution >= 0.6 is 11.6 Å². The van der Waals surface area contributed by atoms with Crippen LogP contribution in [0.3, 0.4) is 0 Å². The summed E-state index contributed by atoms with van der Waals surface area (Å²) in [6, 6.07) is 11.2. The van der Waals surface area contributed by atoms with Crippen LogP contribution < -0.4 is 16.0 Å². The van der Waals surface area contributed by atoms with Crippen molar-refractivity contribution in [1.29, 1.82) is 5.26 Å². The molecule has 1 aromatic carbocycles. The number of piperidine rings is 1. The second kappa shape index (κ2) is 11.9. The van der Waals surface area contributed by atoms with E-state index in [0.717, 1.165) is 49.5 Å². The maximum absolute atomic E-state index is 9.73. The Morgan fingerprint density at radius 2 is 1.90 bits per heavy atom. The molecule has 5 fully saturated rings. The van der Waals surface area contributed by atoms with Gasteiger partial charge in [0.1, 0.15) is 17.5 Å². The minimum absolute atomic E-state index is 0.278. The molecule has 1 aromatic heterocycles. The van der Waals surface area contributed by atoms with Crippen molar-refractivity contribution >= 4 is 23.4 Å². The molecule has 3 unspecified atom stereocenters. The zero-order valence-corrected chi connectivity index (χ0v) is 23.8. The summed E-state index contributed by atoms with van der Waals surface area (Å²) in [5, 5.41) is 21.4. The summed E-state index contributed by atoms with van der Waals surface area (Å²) in [4.78, 5) is 15.0. The van der Waals surface area contributed by atoms with Crippen molar-refractivity contribution in [3.05, 3.63) is 58.0 Å². The van der Waals surface area contributed by atoms with Gasteiger partial charge in [-0.1, -0.05) is 29.8 Å². The summed E-state index contributed by atoms with van der Waals surface area (Å²) in [5.41, 5.74) is 1.74. The van der Waals surface area contributed by atoms with Crippen LogP contribution in [-0.2, 0) is 6.54 Å². The topological polar surface area (TPSA) is 93.3 Å². The van der Waals surface area contributed by atoms with E-state index in [1.54, 1.807) is 6.20 Å². The molecule has 1 saturated heterocycles. The molecule has 4 aliphatic carbocycles. The summed E-state index contributed by atoms with van der Waals surface area (Å²) in [6.45, 7) is 12.2. The fourth-order valence-corrected chi connectivity index (χ4v) is 8.44. The van der Waals surface area contributed by atoms with E-state index in [1.807, 2.05) is 24.3 Å². The summed E-state index contributed by atoms with van der Waals surface area (Å²) >= 11 is 6.30. The fourth-order valence-electron chi connectivity index (χ4n) is 8.24. The first-order chi connectivity index (χ1) is 19.5. The Hall–Kier alpha value is -2.91. The average molecular weight is 559 g/mol. The van der Waals surface area contributed by atoms with Gasteiger partial charge in [0.05, 0.1) is 12.7 Å². The zero-order valence-electron chi connectivity index (χ0n) is 23.1. The Kier molecular flexibility index (Phi) is 8.12. The largest absolute Gasteiger partial charge is 0.368 e. The second-order valence-corrected chi connectivity index (χ2v) is 12.9. The molecule has 0 radical (unpaired) electrons. The van der Waals surface area contributed by atoms with Crippen LogP contribution in [0.5, 0.6) is 0 Å². The molecule has 4 saturated carbocycles. The number of hydrogen-bond donors (Lipinski definition) is 3. The van der Waals surface area contributed by atoms with Crippen molar-refractivity contribution in [3.8, 4) is 6.07 Å². The number of nitrogens with one attached hydrogen (secondary N) is 3. The van der Waals surface area contributed by atoms with Crippen LogP contribution in [0.1, 0.15) is 56.1 Å². The number of aromatic nitrogens is 2. The van der Waals surface area contributed by atoms with Gasteiger partial charge in [-0.05, 0) is 92.8 Å². The Balaban J connectivity index is 1.07. The van der Waals surface area contributed by atoms with Gasteiger partial charge in [0.2, 0.25) is 12.5 Å². The minimum atomic E-state index is 0.278. The predicted octanol–water partition coefficient (Wildman–Crippen LogP) is 5.19. The number of nitrogens with zero attached hydrogens (tertiary/aromatic N) is 5. The lowest BCUT2D eigenvalue weighted by atomic mass is 9.48. The van der Waals surface area contributed by atoms with Gasteiger partial charge in [-0.2, -0.15) is 10.2 Å². The van der Waals surface area contributed by atoms with Gasteiger partial charge in [-0.3, -0.25) is 4.90 Å². The van der Waals surface area contributed by atoms with E-state index >= 15 is 0 Å². The van der Waals surface area contributed by atoms with Crippen LogP contribution in [0.4, 0.5) is 11.8 Å². The summed E-state index contributed by atoms with van der Waals surface area (Å²) in [7, 11) is 0. The molecule has 7 rings (SSSR count). The first kappa shape index (κ1) is 27.3. The molecule has 1 aliphatic heterocycles. The number of hydrogen-bond acceptors (Lipinski definition) is 7. The lowest BCUT2D eigenvalue weighted by Gasteiger charge is -2.61. The number of anilines is 2. The first-order valence-corrected chi connectivity index (χ1v) is 15.2. The number of nitriles is 1. The Morgan fingerprint density at radius 1 is 1.12 bits per heavy atom. The van der Waals surface area contributed by atoms with Gasteiger partial charge in [0, 0.05) is 30.2 Å². The molecule has 2 heterocycles. The molecule has 9 heteroatoms. The zero-order chi connectivity index (χ0) is 27.5. The van der Waals surface area contributed by atoms with Gasteiger partial charge in [-0.25, -0.2) is 11.6 Å². The molecule has 3 N–H and O–H groups in total. The average Bonchev–Trinajstić information content (AvgIpc) is 2.97. The number of benzene rings is 1. The number of likely N-dealkylation sites (tertiary alicyclic amines) is 1. The van der Waals surface area contributed by atoms with E-state index in [9.17, 15) is 5.26 Å². The molecule has 0 spiro atoms. The lowest BCUT2D eigenvalue weighted by Crippen LogP contribution is -2.61. The third kappa shape index (κ3) is 5.91. The van der Waals surface area contributed by atoms with Gasteiger partial charge in [0.15, 0.2) is 0 Å². The smallest absolute Gasteiger partial charge is 0.227 e. The van der Waals surface area contributed by atoms with E-state index in [0.29, 0.717) is 47.5 Å². The normalized spacial score (nSPS) is 29.6.